The second-order valence-corrected chi connectivity index (χ2v) is 10.8. The Balaban J connectivity index is 1.24. The van der Waals surface area contributed by atoms with Gasteiger partial charge in [0.15, 0.2) is 11.6 Å². The first kappa shape index (κ1) is 25.1. The lowest BCUT2D eigenvalue weighted by Crippen LogP contribution is -2.25. The third kappa shape index (κ3) is 6.18. The van der Waals surface area contributed by atoms with Gasteiger partial charge in [-0.3, -0.25) is 0 Å². The van der Waals surface area contributed by atoms with E-state index in [2.05, 4.69) is 37.3 Å². The van der Waals surface area contributed by atoms with Crippen molar-refractivity contribution in [2.75, 3.05) is 0 Å². The van der Waals surface area contributed by atoms with Crippen molar-refractivity contribution in [2.24, 2.45) is 17.8 Å². The number of benzene rings is 2. The van der Waals surface area contributed by atoms with E-state index in [4.69, 9.17) is 0 Å². The normalized spacial score (nSPS) is 25.6. The molecule has 0 radical (unpaired) electrons. The van der Waals surface area contributed by atoms with Crippen molar-refractivity contribution in [3.05, 3.63) is 76.4 Å². The maximum atomic E-state index is 14.4. The van der Waals surface area contributed by atoms with Crippen molar-refractivity contribution in [1.29, 1.82) is 0 Å². The van der Waals surface area contributed by atoms with E-state index < -0.39 is 11.6 Å². The smallest absolute Gasteiger partial charge is 0.166 e. The van der Waals surface area contributed by atoms with Crippen molar-refractivity contribution in [1.82, 2.24) is 0 Å². The lowest BCUT2D eigenvalue weighted by molar-refractivity contribution is 0.172. The summed E-state index contributed by atoms with van der Waals surface area (Å²) in [5.41, 5.74) is 3.88. The zero-order valence-corrected chi connectivity index (χ0v) is 21.2. The molecule has 2 heteroatoms. The van der Waals surface area contributed by atoms with Crippen LogP contribution in [0.15, 0.2) is 42.5 Å². The van der Waals surface area contributed by atoms with Gasteiger partial charge in [-0.05, 0) is 105 Å². The van der Waals surface area contributed by atoms with Gasteiger partial charge in [0.05, 0.1) is 0 Å². The maximum Gasteiger partial charge on any atom is 0.166 e. The highest BCUT2D eigenvalue weighted by atomic mass is 19.2. The van der Waals surface area contributed by atoms with Crippen molar-refractivity contribution in [3.8, 4) is 0 Å². The highest BCUT2D eigenvalue weighted by molar-refractivity contribution is 5.51. The molecule has 0 N–H and O–H groups in total. The summed E-state index contributed by atoms with van der Waals surface area (Å²) in [5, 5.41) is 0. The quantitative estimate of drug-likeness (QED) is 0.365. The molecule has 2 fully saturated rings. The summed E-state index contributed by atoms with van der Waals surface area (Å²) >= 11 is 0. The van der Waals surface area contributed by atoms with Crippen LogP contribution in [0.4, 0.5) is 8.78 Å². The Labute approximate surface area is 205 Å². The average Bonchev–Trinajstić information content (AvgIpc) is 2.88. The summed E-state index contributed by atoms with van der Waals surface area (Å²) in [7, 11) is 0. The van der Waals surface area contributed by atoms with Gasteiger partial charge in [-0.15, -0.1) is 0 Å². The van der Waals surface area contributed by atoms with Gasteiger partial charge in [0, 0.05) is 5.56 Å². The fourth-order valence-corrected chi connectivity index (χ4v) is 6.41. The fourth-order valence-electron chi connectivity index (χ4n) is 6.41. The first-order valence-corrected chi connectivity index (χ1v) is 13.8. The molecule has 2 aromatic carbocycles. The molecule has 0 bridgehead atoms. The molecule has 4 rings (SSSR count). The highest BCUT2D eigenvalue weighted by Crippen LogP contribution is 2.44. The van der Waals surface area contributed by atoms with Gasteiger partial charge in [-0.1, -0.05) is 75.2 Å². The number of hydrogen-bond acceptors (Lipinski definition) is 0. The van der Waals surface area contributed by atoms with Gasteiger partial charge >= 0.3 is 0 Å². The molecule has 2 aromatic rings. The topological polar surface area (TPSA) is 0 Å². The van der Waals surface area contributed by atoms with Crippen molar-refractivity contribution in [3.63, 3.8) is 0 Å². The molecule has 0 amide bonds. The van der Waals surface area contributed by atoms with Crippen molar-refractivity contribution >= 4 is 6.08 Å². The third-order valence-electron chi connectivity index (χ3n) is 8.50. The number of rotatable bonds is 8. The summed E-state index contributed by atoms with van der Waals surface area (Å²) in [6.45, 7) is 4.23. The summed E-state index contributed by atoms with van der Waals surface area (Å²) in [5.74, 6) is 1.60. The molecule has 2 aliphatic rings. The largest absolute Gasteiger partial charge is 0.203 e. The summed E-state index contributed by atoms with van der Waals surface area (Å²) in [6, 6.07) is 12.9. The Morgan fingerprint density at radius 2 is 1.32 bits per heavy atom. The van der Waals surface area contributed by atoms with Gasteiger partial charge in [0.2, 0.25) is 0 Å². The molecule has 34 heavy (non-hydrogen) atoms. The minimum Gasteiger partial charge on any atom is -0.203 e. The molecule has 0 aromatic heterocycles. The first-order chi connectivity index (χ1) is 16.6. The fraction of sp³-hybridized carbons (Fsp3) is 0.562. The Bertz CT molecular complexity index is 926. The Morgan fingerprint density at radius 3 is 1.94 bits per heavy atom. The summed E-state index contributed by atoms with van der Waals surface area (Å²) < 4.78 is 28.7. The van der Waals surface area contributed by atoms with Gasteiger partial charge in [0.1, 0.15) is 0 Å². The summed E-state index contributed by atoms with van der Waals surface area (Å²) in [6.07, 6.45) is 18.1. The lowest BCUT2D eigenvalue weighted by atomic mass is 9.68. The molecule has 0 spiro atoms. The van der Waals surface area contributed by atoms with Crippen LogP contribution in [0.5, 0.6) is 0 Å². The molecule has 0 atom stereocenters. The van der Waals surface area contributed by atoms with Crippen LogP contribution in [-0.2, 0) is 12.8 Å². The van der Waals surface area contributed by atoms with E-state index in [0.717, 1.165) is 24.2 Å². The Morgan fingerprint density at radius 1 is 0.706 bits per heavy atom. The molecule has 0 saturated heterocycles. The molecule has 0 unspecified atom stereocenters. The molecule has 0 aliphatic heterocycles. The monoisotopic (exact) mass is 464 g/mol. The van der Waals surface area contributed by atoms with Crippen LogP contribution in [0.25, 0.3) is 6.08 Å². The second-order valence-electron chi connectivity index (χ2n) is 10.8. The predicted molar refractivity (Wildman–Crippen MR) is 140 cm³/mol. The van der Waals surface area contributed by atoms with E-state index in [0.29, 0.717) is 23.5 Å². The molecule has 2 saturated carbocycles. The van der Waals surface area contributed by atoms with E-state index in [9.17, 15) is 8.78 Å². The van der Waals surface area contributed by atoms with Gasteiger partial charge in [-0.25, -0.2) is 8.78 Å². The second kappa shape index (κ2) is 12.1. The molecule has 0 heterocycles. The minimum absolute atomic E-state index is 0.389. The van der Waals surface area contributed by atoms with Crippen molar-refractivity contribution in [2.45, 2.75) is 96.8 Å². The molecule has 184 valence electrons. The van der Waals surface area contributed by atoms with E-state index in [-0.39, 0.29) is 0 Å². The predicted octanol–water partition coefficient (Wildman–Crippen LogP) is 9.66. The number of hydrogen-bond donors (Lipinski definition) is 0. The van der Waals surface area contributed by atoms with E-state index in [1.165, 1.54) is 69.8 Å². The van der Waals surface area contributed by atoms with Crippen LogP contribution in [0.3, 0.4) is 0 Å². The average molecular weight is 465 g/mol. The maximum absolute atomic E-state index is 14.4. The van der Waals surface area contributed by atoms with Crippen LogP contribution >= 0.6 is 0 Å². The zero-order chi connectivity index (χ0) is 23.9. The number of allylic oxidation sites excluding steroid dienone is 1. The van der Waals surface area contributed by atoms with Crippen LogP contribution in [-0.4, -0.2) is 0 Å². The van der Waals surface area contributed by atoms with E-state index in [1.54, 1.807) is 17.7 Å². The Kier molecular flexibility index (Phi) is 8.98. The SMILES string of the molecule is CCCc1ccc(C2CCC(C3CCC(/C=C/c4ccc(CCC)c(F)c4F)CC3)CC2)cc1. The van der Waals surface area contributed by atoms with Gasteiger partial charge in [0.25, 0.3) is 0 Å². The van der Waals surface area contributed by atoms with Gasteiger partial charge in [-0.2, -0.15) is 0 Å². The minimum atomic E-state index is -0.687. The molecular weight excluding hydrogens is 422 g/mol. The van der Waals surface area contributed by atoms with Gasteiger partial charge < -0.3 is 0 Å². The lowest BCUT2D eigenvalue weighted by Gasteiger charge is -2.37. The van der Waals surface area contributed by atoms with Crippen molar-refractivity contribution < 1.29 is 8.78 Å². The number of halogens is 2. The zero-order valence-electron chi connectivity index (χ0n) is 21.2. The van der Waals surface area contributed by atoms with Crippen LogP contribution in [0.1, 0.15) is 106 Å². The van der Waals surface area contributed by atoms with Crippen LogP contribution in [0.2, 0.25) is 0 Å². The standard InChI is InChI=1S/C32H42F2/c1-3-5-23-7-12-25(13-8-23)27-17-19-28(20-18-27)26-14-9-24(10-15-26)11-16-30-22-21-29(6-4-2)31(33)32(30)34/h7-8,11-13,16,21-22,24,26-28H,3-6,9-10,14-15,17-20H2,1-2H3/b16-11+. The molecule has 0 nitrogen and oxygen atoms in total. The van der Waals surface area contributed by atoms with Crippen LogP contribution < -0.4 is 0 Å². The molecule has 2 aliphatic carbocycles. The Hall–Kier alpha value is -1.96. The first-order valence-electron chi connectivity index (χ1n) is 13.8. The highest BCUT2D eigenvalue weighted by Gasteiger charge is 2.30. The summed E-state index contributed by atoms with van der Waals surface area (Å²) in [4.78, 5) is 0. The number of aryl methyl sites for hydroxylation is 2. The third-order valence-corrected chi connectivity index (χ3v) is 8.50. The van der Waals surface area contributed by atoms with E-state index in [1.807, 2.05) is 13.0 Å². The van der Waals surface area contributed by atoms with E-state index >= 15 is 0 Å². The molecular formula is C32H42F2. The van der Waals surface area contributed by atoms with Crippen LogP contribution in [0, 0.1) is 29.4 Å².